The highest BCUT2D eigenvalue weighted by molar-refractivity contribution is 5.33. The van der Waals surface area contributed by atoms with Crippen LogP contribution in [0.25, 0.3) is 0 Å². The second kappa shape index (κ2) is 14.5. The average molecular weight is 801 g/mol. The van der Waals surface area contributed by atoms with Crippen molar-refractivity contribution >= 4 is 0 Å². The van der Waals surface area contributed by atoms with Crippen LogP contribution in [0.1, 0.15) is 113 Å². The van der Waals surface area contributed by atoms with Gasteiger partial charge < -0.3 is 70.0 Å². The molecule has 2 heterocycles. The Morgan fingerprint density at radius 1 is 0.768 bits per heavy atom. The van der Waals surface area contributed by atoms with Gasteiger partial charge in [-0.15, -0.1) is 0 Å². The molecule has 2 saturated heterocycles. The summed E-state index contributed by atoms with van der Waals surface area (Å²) in [5, 5.41) is 109. The second-order valence-electron chi connectivity index (χ2n) is 21.1. The zero-order valence-electron chi connectivity index (χ0n) is 34.6. The fraction of sp³-hybridized carbons (Fsp3) is 1.00. The molecule has 0 amide bonds. The first-order valence-corrected chi connectivity index (χ1v) is 21.3. The summed E-state index contributed by atoms with van der Waals surface area (Å²) in [6.07, 6.45) is -9.88. The molecule has 22 atom stereocenters. The summed E-state index contributed by atoms with van der Waals surface area (Å²) in [5.74, 6) is 0.408. The topological polar surface area (TPSA) is 239 Å². The van der Waals surface area contributed by atoms with Crippen LogP contribution < -0.4 is 0 Å². The van der Waals surface area contributed by atoms with E-state index in [0.717, 1.165) is 25.7 Å². The minimum Gasteiger partial charge on any atom is -0.394 e. The molecule has 7 aliphatic rings. The number of hydrogen-bond donors (Lipinski definition) is 10. The summed E-state index contributed by atoms with van der Waals surface area (Å²) in [7, 11) is 0. The van der Waals surface area contributed by atoms with E-state index in [1.165, 1.54) is 6.92 Å². The van der Waals surface area contributed by atoms with Gasteiger partial charge in [0.2, 0.25) is 0 Å². The van der Waals surface area contributed by atoms with E-state index in [2.05, 4.69) is 34.6 Å². The summed E-state index contributed by atoms with van der Waals surface area (Å²) in [5.41, 5.74) is -2.61. The monoisotopic (exact) mass is 800 g/mol. The summed E-state index contributed by atoms with van der Waals surface area (Å²) in [6.45, 7) is 15.3. The van der Waals surface area contributed by atoms with Crippen molar-refractivity contribution < 1.29 is 70.0 Å². The van der Waals surface area contributed by atoms with Crippen LogP contribution >= 0.6 is 0 Å². The zero-order valence-corrected chi connectivity index (χ0v) is 34.6. The second-order valence-corrected chi connectivity index (χ2v) is 21.1. The first-order chi connectivity index (χ1) is 25.9. The minimum atomic E-state index is -1.66. The normalized spacial score (nSPS) is 55.0. The molecule has 10 N–H and O–H groups in total. The number of hydrogen-bond acceptors (Lipinski definition) is 14. The molecule has 5 aliphatic carbocycles. The molecule has 0 bridgehead atoms. The Morgan fingerprint density at radius 2 is 1.43 bits per heavy atom. The van der Waals surface area contributed by atoms with Gasteiger partial charge in [0.1, 0.15) is 42.7 Å². The largest absolute Gasteiger partial charge is 0.394 e. The lowest BCUT2D eigenvalue weighted by Crippen LogP contribution is -2.65. The van der Waals surface area contributed by atoms with Crippen molar-refractivity contribution in [1.29, 1.82) is 0 Å². The van der Waals surface area contributed by atoms with Crippen molar-refractivity contribution in [2.45, 2.75) is 205 Å². The van der Waals surface area contributed by atoms with Gasteiger partial charge in [-0.2, -0.15) is 0 Å². The van der Waals surface area contributed by atoms with Gasteiger partial charge in [0.25, 0.3) is 0 Å². The maximum absolute atomic E-state index is 12.5. The van der Waals surface area contributed by atoms with Crippen molar-refractivity contribution in [3.8, 4) is 0 Å². The molecule has 0 radical (unpaired) electrons. The molecule has 7 rings (SSSR count). The Morgan fingerprint density at radius 3 is 2.07 bits per heavy atom. The molecule has 0 aromatic carbocycles. The lowest BCUT2D eigenvalue weighted by molar-refractivity contribution is -0.375. The Balaban J connectivity index is 1.10. The highest BCUT2D eigenvalue weighted by Gasteiger charge is 2.85. The van der Waals surface area contributed by atoms with Crippen molar-refractivity contribution in [3.63, 3.8) is 0 Å². The molecule has 0 unspecified atom stereocenters. The van der Waals surface area contributed by atoms with Crippen molar-refractivity contribution in [1.82, 2.24) is 0 Å². The van der Waals surface area contributed by atoms with Crippen LogP contribution in [0.4, 0.5) is 0 Å². The van der Waals surface area contributed by atoms with Crippen LogP contribution in [0, 0.1) is 50.7 Å². The molecule has 2 spiro atoms. The standard InChI is InChI=1S/C42H72O14/c1-19(9-12-25(45)38(5,6)52)28-21(44)15-39(7)24-11-10-23-37(3,4)27(13-14-41(23)18-42(24,41)26(46)16-40(28,39)8)55-36-34(32(50)30(48)22(17-43)54-36)56-35-33(51)31(49)29(47)20(2)53-35/h19-36,43-52H,9-18H2,1-8H3/t19-,20+,21+,22-,23+,24+,25+,26-,27-,28-,29+,30-,31-,32+,33-,34-,35+,36-,39+,40-,41+,42-/m1/s1. The molecule has 324 valence electrons. The van der Waals surface area contributed by atoms with E-state index in [9.17, 15) is 51.1 Å². The summed E-state index contributed by atoms with van der Waals surface area (Å²) < 4.78 is 24.5. The highest BCUT2D eigenvalue weighted by Crippen LogP contribution is 2.89. The van der Waals surface area contributed by atoms with Crippen molar-refractivity contribution in [3.05, 3.63) is 0 Å². The Bertz CT molecular complexity index is 1430. The zero-order chi connectivity index (χ0) is 41.3. The van der Waals surface area contributed by atoms with E-state index in [0.29, 0.717) is 32.1 Å². The van der Waals surface area contributed by atoms with E-state index in [-0.39, 0.29) is 45.3 Å². The number of aliphatic hydroxyl groups is 10. The van der Waals surface area contributed by atoms with E-state index in [1.807, 2.05) is 0 Å². The Kier molecular flexibility index (Phi) is 11.3. The van der Waals surface area contributed by atoms with Gasteiger partial charge >= 0.3 is 0 Å². The number of fused-ring (bicyclic) bond motifs is 2. The molecule has 0 aromatic heterocycles. The maximum Gasteiger partial charge on any atom is 0.187 e. The van der Waals surface area contributed by atoms with Crippen LogP contribution in [0.5, 0.6) is 0 Å². The molecule has 14 nitrogen and oxygen atoms in total. The van der Waals surface area contributed by atoms with Gasteiger partial charge in [0.15, 0.2) is 12.6 Å². The van der Waals surface area contributed by atoms with Gasteiger partial charge in [-0.1, -0.05) is 34.6 Å². The lowest BCUT2D eigenvalue weighted by atomic mass is 9.41. The van der Waals surface area contributed by atoms with E-state index < -0.39 is 103 Å². The fourth-order valence-corrected chi connectivity index (χ4v) is 14.4. The van der Waals surface area contributed by atoms with Crippen molar-refractivity contribution in [2.24, 2.45) is 50.7 Å². The SMILES string of the molecule is C[C@H](CC[C@H](O)C(C)(C)O)[C@@H]1[C@@H](O)C[C@@]2(C)[C@@H]3CC[C@H]4C(C)(C)[C@H](O[C@H]5O[C@H](CO)[C@@H](O)[C@H](O)[C@H]5O[C@@H]5O[C@@H](C)[C@H](O)[C@@H](O)[C@H]5O)CC[C@]45C[C@]35[C@H](O)C[C@]12C. The third-order valence-corrected chi connectivity index (χ3v) is 17.6. The molecule has 5 saturated carbocycles. The smallest absolute Gasteiger partial charge is 0.187 e. The number of aliphatic hydroxyl groups excluding tert-OH is 9. The first kappa shape index (κ1) is 43.5. The Hall–Kier alpha value is -0.560. The molecular formula is C42H72O14. The average Bonchev–Trinajstić information content (AvgIpc) is 3.76. The molecule has 7 fully saturated rings. The van der Waals surface area contributed by atoms with Crippen molar-refractivity contribution in [2.75, 3.05) is 6.61 Å². The summed E-state index contributed by atoms with van der Waals surface area (Å²) >= 11 is 0. The van der Waals surface area contributed by atoms with Crippen LogP contribution in [0.15, 0.2) is 0 Å². The van der Waals surface area contributed by atoms with E-state index in [1.54, 1.807) is 13.8 Å². The van der Waals surface area contributed by atoms with Crippen LogP contribution in [-0.2, 0) is 18.9 Å². The minimum absolute atomic E-state index is 0.0551. The molecule has 56 heavy (non-hydrogen) atoms. The predicted molar refractivity (Wildman–Crippen MR) is 200 cm³/mol. The van der Waals surface area contributed by atoms with E-state index >= 15 is 0 Å². The fourth-order valence-electron chi connectivity index (χ4n) is 14.4. The summed E-state index contributed by atoms with van der Waals surface area (Å²) in [6, 6.07) is 0. The van der Waals surface area contributed by atoms with Gasteiger partial charge in [-0.3, -0.25) is 0 Å². The molecule has 14 heteroatoms. The van der Waals surface area contributed by atoms with Gasteiger partial charge in [0, 0.05) is 5.41 Å². The molecule has 0 aromatic rings. The van der Waals surface area contributed by atoms with Gasteiger partial charge in [-0.25, -0.2) is 0 Å². The first-order valence-electron chi connectivity index (χ1n) is 21.3. The maximum atomic E-state index is 12.5. The quantitative estimate of drug-likeness (QED) is 0.139. The van der Waals surface area contributed by atoms with Gasteiger partial charge in [-0.05, 0) is 124 Å². The van der Waals surface area contributed by atoms with Gasteiger partial charge in [0.05, 0.1) is 42.7 Å². The summed E-state index contributed by atoms with van der Waals surface area (Å²) in [4.78, 5) is 0. The van der Waals surface area contributed by atoms with Crippen LogP contribution in [0.3, 0.4) is 0 Å². The molecule has 2 aliphatic heterocycles. The highest BCUT2D eigenvalue weighted by atomic mass is 16.8. The molecular weight excluding hydrogens is 728 g/mol. The number of ether oxygens (including phenoxy) is 4. The number of rotatable bonds is 10. The third-order valence-electron chi connectivity index (χ3n) is 17.6. The van der Waals surface area contributed by atoms with E-state index in [4.69, 9.17) is 18.9 Å². The van der Waals surface area contributed by atoms with Crippen LogP contribution in [-0.4, -0.2) is 149 Å². The predicted octanol–water partition coefficient (Wildman–Crippen LogP) is 0.952. The Labute approximate surface area is 331 Å². The third kappa shape index (κ3) is 6.24. The lowest BCUT2D eigenvalue weighted by Gasteiger charge is -2.64. The van der Waals surface area contributed by atoms with Crippen LogP contribution in [0.2, 0.25) is 0 Å².